The topological polar surface area (TPSA) is 63.4 Å². The van der Waals surface area contributed by atoms with Crippen LogP contribution in [0.25, 0.3) is 0 Å². The Balaban J connectivity index is 1.77. The Morgan fingerprint density at radius 1 is 1.22 bits per heavy atom. The number of primary amides is 1. The molecule has 0 saturated heterocycles. The summed E-state index contributed by atoms with van der Waals surface area (Å²) < 4.78 is 0. The maximum atomic E-state index is 12.6. The Morgan fingerprint density at radius 3 is 2.56 bits per heavy atom. The Hall–Kier alpha value is -1.69. The summed E-state index contributed by atoms with van der Waals surface area (Å²) in [5.74, 6) is 0.263. The SMILES string of the molecule is CC(C)CN1CCc2c(sc(CC(=O)Cc3ccc(Cl)cc3)c2C(N)=O)C1. The molecule has 1 aliphatic rings. The Bertz CT molecular complexity index is 843. The number of Topliss-reactive ketones (excluding diaryl/α,β-unsaturated/α-hetero) is 1. The highest BCUT2D eigenvalue weighted by molar-refractivity contribution is 7.12. The van der Waals surface area contributed by atoms with Crippen LogP contribution in [0.3, 0.4) is 0 Å². The van der Waals surface area contributed by atoms with E-state index < -0.39 is 5.91 Å². The molecule has 0 aliphatic carbocycles. The van der Waals surface area contributed by atoms with E-state index in [0.29, 0.717) is 22.9 Å². The zero-order chi connectivity index (χ0) is 19.6. The van der Waals surface area contributed by atoms with Gasteiger partial charge in [-0.15, -0.1) is 11.3 Å². The predicted octanol–water partition coefficient (Wildman–Crippen LogP) is 3.87. The average molecular weight is 405 g/mol. The number of hydrogen-bond acceptors (Lipinski definition) is 4. The highest BCUT2D eigenvalue weighted by Gasteiger charge is 2.27. The normalized spacial score (nSPS) is 14.4. The van der Waals surface area contributed by atoms with Crippen LogP contribution >= 0.6 is 22.9 Å². The second-order valence-electron chi connectivity index (χ2n) is 7.56. The van der Waals surface area contributed by atoms with Gasteiger partial charge >= 0.3 is 0 Å². The minimum absolute atomic E-state index is 0.0810. The summed E-state index contributed by atoms with van der Waals surface area (Å²) in [5.41, 5.74) is 8.24. The third-order valence-electron chi connectivity index (χ3n) is 4.75. The van der Waals surface area contributed by atoms with Gasteiger partial charge in [0, 0.05) is 47.3 Å². The fraction of sp³-hybridized carbons (Fsp3) is 0.429. The molecule has 1 aromatic carbocycles. The summed E-state index contributed by atoms with van der Waals surface area (Å²) in [4.78, 5) is 29.1. The second-order valence-corrected chi connectivity index (χ2v) is 9.19. The van der Waals surface area contributed by atoms with Crippen molar-refractivity contribution >= 4 is 34.6 Å². The van der Waals surface area contributed by atoms with Gasteiger partial charge in [0.1, 0.15) is 5.78 Å². The van der Waals surface area contributed by atoms with Gasteiger partial charge in [-0.1, -0.05) is 37.6 Å². The molecule has 3 rings (SSSR count). The lowest BCUT2D eigenvalue weighted by Crippen LogP contribution is -2.33. The number of benzene rings is 1. The van der Waals surface area contributed by atoms with Gasteiger partial charge in [-0.2, -0.15) is 0 Å². The number of amides is 1. The van der Waals surface area contributed by atoms with Crippen molar-refractivity contribution < 1.29 is 9.59 Å². The van der Waals surface area contributed by atoms with Crippen LogP contribution in [0.1, 0.15) is 45.1 Å². The van der Waals surface area contributed by atoms with Gasteiger partial charge < -0.3 is 5.73 Å². The van der Waals surface area contributed by atoms with E-state index in [9.17, 15) is 9.59 Å². The minimum Gasteiger partial charge on any atom is -0.366 e. The van der Waals surface area contributed by atoms with E-state index in [1.807, 2.05) is 12.1 Å². The molecule has 2 aromatic rings. The smallest absolute Gasteiger partial charge is 0.250 e. The van der Waals surface area contributed by atoms with Gasteiger partial charge in [0.05, 0.1) is 5.56 Å². The van der Waals surface area contributed by atoms with Crippen molar-refractivity contribution in [2.75, 3.05) is 13.1 Å². The van der Waals surface area contributed by atoms with Crippen LogP contribution in [0.5, 0.6) is 0 Å². The molecule has 4 nitrogen and oxygen atoms in total. The third kappa shape index (κ3) is 4.98. The molecule has 2 N–H and O–H groups in total. The van der Waals surface area contributed by atoms with Crippen LogP contribution in [0.15, 0.2) is 24.3 Å². The van der Waals surface area contributed by atoms with Crippen molar-refractivity contribution in [3.05, 3.63) is 55.7 Å². The number of fused-ring (bicyclic) bond motifs is 1. The quantitative estimate of drug-likeness (QED) is 0.761. The monoisotopic (exact) mass is 404 g/mol. The van der Waals surface area contributed by atoms with Gasteiger partial charge in [-0.3, -0.25) is 14.5 Å². The average Bonchev–Trinajstić information content (AvgIpc) is 2.93. The molecule has 0 unspecified atom stereocenters. The molecule has 0 spiro atoms. The number of carbonyl (C=O) groups is 2. The molecule has 6 heteroatoms. The van der Waals surface area contributed by atoms with Crippen LogP contribution in [0.2, 0.25) is 5.02 Å². The molecule has 27 heavy (non-hydrogen) atoms. The van der Waals surface area contributed by atoms with E-state index in [4.69, 9.17) is 17.3 Å². The van der Waals surface area contributed by atoms with Gasteiger partial charge in [-0.25, -0.2) is 0 Å². The highest BCUT2D eigenvalue weighted by Crippen LogP contribution is 2.34. The number of nitrogens with two attached hydrogens (primary N) is 1. The predicted molar refractivity (Wildman–Crippen MR) is 111 cm³/mol. The molecule has 1 amide bonds. The summed E-state index contributed by atoms with van der Waals surface area (Å²) in [6.07, 6.45) is 1.41. The first-order valence-corrected chi connectivity index (χ1v) is 10.4. The molecule has 1 aliphatic heterocycles. The summed E-state index contributed by atoms with van der Waals surface area (Å²) >= 11 is 7.47. The molecular formula is C21H25ClN2O2S. The van der Waals surface area contributed by atoms with Crippen molar-refractivity contribution in [3.63, 3.8) is 0 Å². The minimum atomic E-state index is -0.417. The standard InChI is InChI=1S/C21H25ClN2O2S/c1-13(2)11-24-8-7-17-19(12-24)27-18(20(17)21(23)26)10-16(25)9-14-3-5-15(22)6-4-14/h3-6,13H,7-12H2,1-2H3,(H2,23,26). The van der Waals surface area contributed by atoms with Crippen molar-refractivity contribution in [2.24, 2.45) is 11.7 Å². The lowest BCUT2D eigenvalue weighted by Gasteiger charge is -2.28. The first-order chi connectivity index (χ1) is 12.8. The zero-order valence-corrected chi connectivity index (χ0v) is 17.3. The molecule has 1 aromatic heterocycles. The third-order valence-corrected chi connectivity index (χ3v) is 6.22. The number of hydrogen-bond donors (Lipinski definition) is 1. The second kappa shape index (κ2) is 8.55. The summed E-state index contributed by atoms with van der Waals surface area (Å²) in [5, 5.41) is 0.652. The summed E-state index contributed by atoms with van der Waals surface area (Å²) in [7, 11) is 0. The largest absolute Gasteiger partial charge is 0.366 e. The fourth-order valence-corrected chi connectivity index (χ4v) is 5.22. The summed E-state index contributed by atoms with van der Waals surface area (Å²) in [6, 6.07) is 7.29. The number of carbonyl (C=O) groups excluding carboxylic acids is 2. The van der Waals surface area contributed by atoms with E-state index in [1.165, 1.54) is 4.88 Å². The molecule has 0 saturated carbocycles. The van der Waals surface area contributed by atoms with Gasteiger partial charge in [0.15, 0.2) is 0 Å². The van der Waals surface area contributed by atoms with Crippen molar-refractivity contribution in [2.45, 2.75) is 39.7 Å². The number of nitrogens with zero attached hydrogens (tertiary/aromatic N) is 1. The fourth-order valence-electron chi connectivity index (χ4n) is 3.67. The molecule has 144 valence electrons. The van der Waals surface area contributed by atoms with Crippen LogP contribution < -0.4 is 5.73 Å². The van der Waals surface area contributed by atoms with E-state index >= 15 is 0 Å². The zero-order valence-electron chi connectivity index (χ0n) is 15.8. The Morgan fingerprint density at radius 2 is 1.93 bits per heavy atom. The van der Waals surface area contributed by atoms with Gasteiger partial charge in [-0.05, 0) is 35.6 Å². The first-order valence-electron chi connectivity index (χ1n) is 9.25. The maximum absolute atomic E-state index is 12.6. The summed E-state index contributed by atoms with van der Waals surface area (Å²) in [6.45, 7) is 7.22. The number of halogens is 1. The van der Waals surface area contributed by atoms with Crippen LogP contribution in [0.4, 0.5) is 0 Å². The van der Waals surface area contributed by atoms with Crippen LogP contribution in [-0.4, -0.2) is 29.7 Å². The first kappa shape index (κ1) is 20.1. The number of rotatable bonds is 7. The molecule has 2 heterocycles. The lowest BCUT2D eigenvalue weighted by atomic mass is 9.98. The van der Waals surface area contributed by atoms with Gasteiger partial charge in [0.2, 0.25) is 5.91 Å². The van der Waals surface area contributed by atoms with Crippen molar-refractivity contribution in [1.29, 1.82) is 0 Å². The van der Waals surface area contributed by atoms with Crippen molar-refractivity contribution in [3.8, 4) is 0 Å². The van der Waals surface area contributed by atoms with E-state index in [-0.39, 0.29) is 12.2 Å². The molecule has 0 fully saturated rings. The molecule has 0 radical (unpaired) electrons. The van der Waals surface area contributed by atoms with E-state index in [2.05, 4.69) is 18.7 Å². The van der Waals surface area contributed by atoms with E-state index in [1.54, 1.807) is 23.5 Å². The van der Waals surface area contributed by atoms with Crippen molar-refractivity contribution in [1.82, 2.24) is 4.90 Å². The molecular weight excluding hydrogens is 380 g/mol. The Kier molecular flexibility index (Phi) is 6.35. The number of thiophene rings is 1. The number of ketones is 1. The van der Waals surface area contributed by atoms with E-state index in [0.717, 1.165) is 42.1 Å². The molecule has 0 atom stereocenters. The van der Waals surface area contributed by atoms with Gasteiger partial charge in [0.25, 0.3) is 0 Å². The maximum Gasteiger partial charge on any atom is 0.250 e. The Labute approximate surface area is 169 Å². The lowest BCUT2D eigenvalue weighted by molar-refractivity contribution is -0.117. The molecule has 0 bridgehead atoms. The van der Waals surface area contributed by atoms with Crippen LogP contribution in [0, 0.1) is 5.92 Å². The highest BCUT2D eigenvalue weighted by atomic mass is 35.5. The van der Waals surface area contributed by atoms with Crippen LogP contribution in [-0.2, 0) is 30.6 Å².